The van der Waals surface area contributed by atoms with Gasteiger partial charge in [0, 0.05) is 18.3 Å². The predicted octanol–water partition coefficient (Wildman–Crippen LogP) is 2.08. The highest BCUT2D eigenvalue weighted by molar-refractivity contribution is 7.99. The molecular weight excluding hydrogens is 166 g/mol. The second-order valence-corrected chi connectivity index (χ2v) is 5.58. The molecule has 1 heterocycles. The Morgan fingerprint density at radius 1 is 1.50 bits per heavy atom. The summed E-state index contributed by atoms with van der Waals surface area (Å²) in [6.07, 6.45) is 2.90. The molecule has 0 aromatic carbocycles. The normalized spacial score (nSPS) is 40.8. The fourth-order valence-electron chi connectivity index (χ4n) is 2.04. The van der Waals surface area contributed by atoms with E-state index in [1.807, 2.05) is 0 Å². The summed E-state index contributed by atoms with van der Waals surface area (Å²) in [5.41, 5.74) is 0. The molecule has 1 saturated heterocycles. The molecule has 1 aliphatic carbocycles. The summed E-state index contributed by atoms with van der Waals surface area (Å²) >= 11 is 2.12. The average Bonchev–Trinajstić information content (AvgIpc) is 2.58. The van der Waals surface area contributed by atoms with E-state index >= 15 is 0 Å². The molecule has 0 amide bonds. The second kappa shape index (κ2) is 3.59. The largest absolute Gasteiger partial charge is 0.302 e. The molecule has 1 saturated carbocycles. The van der Waals surface area contributed by atoms with Gasteiger partial charge in [0.2, 0.25) is 0 Å². The van der Waals surface area contributed by atoms with Crippen molar-refractivity contribution >= 4 is 11.8 Å². The highest BCUT2D eigenvalue weighted by atomic mass is 32.2. The zero-order valence-corrected chi connectivity index (χ0v) is 8.94. The second-order valence-electron chi connectivity index (χ2n) is 4.43. The van der Waals surface area contributed by atoms with Crippen molar-refractivity contribution in [2.45, 2.75) is 25.8 Å². The topological polar surface area (TPSA) is 3.24 Å². The molecule has 0 bridgehead atoms. The average molecular weight is 185 g/mol. The van der Waals surface area contributed by atoms with Crippen LogP contribution in [-0.4, -0.2) is 36.0 Å². The third-order valence-electron chi connectivity index (χ3n) is 3.33. The molecule has 2 heteroatoms. The Hall–Kier alpha value is 0.310. The van der Waals surface area contributed by atoms with E-state index in [9.17, 15) is 0 Å². The van der Waals surface area contributed by atoms with Crippen LogP contribution in [0, 0.1) is 11.8 Å². The molecule has 2 fully saturated rings. The van der Waals surface area contributed by atoms with Crippen LogP contribution in [0.25, 0.3) is 0 Å². The van der Waals surface area contributed by atoms with Gasteiger partial charge in [-0.05, 0) is 37.5 Å². The Morgan fingerprint density at radius 3 is 2.75 bits per heavy atom. The lowest BCUT2D eigenvalue weighted by Crippen LogP contribution is -2.33. The molecule has 2 aliphatic rings. The van der Waals surface area contributed by atoms with E-state index in [-0.39, 0.29) is 0 Å². The van der Waals surface area contributed by atoms with Gasteiger partial charge in [-0.15, -0.1) is 0 Å². The molecule has 2 rings (SSSR count). The molecule has 3 atom stereocenters. The smallest absolute Gasteiger partial charge is 0.0191 e. The van der Waals surface area contributed by atoms with E-state index in [1.54, 1.807) is 0 Å². The Kier molecular flexibility index (Phi) is 2.66. The lowest BCUT2D eigenvalue weighted by Gasteiger charge is -2.23. The highest BCUT2D eigenvalue weighted by Gasteiger charge is 2.34. The summed E-state index contributed by atoms with van der Waals surface area (Å²) in [4.78, 5) is 2.59. The van der Waals surface area contributed by atoms with Gasteiger partial charge >= 0.3 is 0 Å². The number of rotatable bonds is 3. The standard InChI is InChI=1S/C10H19NS/c1-8-5-9(8)6-11(2)10-3-4-12-7-10/h8-10H,3-7H2,1-2H3. The maximum absolute atomic E-state index is 2.59. The number of hydrogen-bond donors (Lipinski definition) is 0. The van der Waals surface area contributed by atoms with Crippen LogP contribution in [0.5, 0.6) is 0 Å². The molecule has 0 aromatic heterocycles. The fourth-order valence-corrected chi connectivity index (χ4v) is 3.34. The lowest BCUT2D eigenvalue weighted by molar-refractivity contribution is 0.248. The van der Waals surface area contributed by atoms with Crippen LogP contribution in [0.3, 0.4) is 0 Å². The Morgan fingerprint density at radius 2 is 2.25 bits per heavy atom. The molecule has 12 heavy (non-hydrogen) atoms. The molecule has 0 aromatic rings. The zero-order chi connectivity index (χ0) is 8.55. The van der Waals surface area contributed by atoms with E-state index in [2.05, 4.69) is 30.6 Å². The van der Waals surface area contributed by atoms with Gasteiger partial charge in [0.15, 0.2) is 0 Å². The number of nitrogens with zero attached hydrogens (tertiary/aromatic N) is 1. The molecule has 0 spiro atoms. The van der Waals surface area contributed by atoms with Crippen molar-refractivity contribution in [1.82, 2.24) is 4.90 Å². The van der Waals surface area contributed by atoms with Gasteiger partial charge in [0.25, 0.3) is 0 Å². The molecule has 0 radical (unpaired) electrons. The molecular formula is C10H19NS. The minimum absolute atomic E-state index is 0.891. The summed E-state index contributed by atoms with van der Waals surface area (Å²) < 4.78 is 0. The first-order valence-corrected chi connectivity index (χ1v) is 6.21. The number of hydrogen-bond acceptors (Lipinski definition) is 2. The van der Waals surface area contributed by atoms with E-state index in [0.717, 1.165) is 17.9 Å². The molecule has 1 nitrogen and oxygen atoms in total. The van der Waals surface area contributed by atoms with Crippen molar-refractivity contribution in [3.8, 4) is 0 Å². The van der Waals surface area contributed by atoms with Crippen molar-refractivity contribution in [2.75, 3.05) is 25.1 Å². The Balaban J connectivity index is 1.72. The van der Waals surface area contributed by atoms with Gasteiger partial charge in [0.1, 0.15) is 0 Å². The summed E-state index contributed by atoms with van der Waals surface area (Å²) in [5, 5.41) is 0. The molecule has 0 N–H and O–H groups in total. The van der Waals surface area contributed by atoms with Gasteiger partial charge in [-0.2, -0.15) is 11.8 Å². The first-order valence-electron chi connectivity index (χ1n) is 5.05. The molecule has 3 unspecified atom stereocenters. The van der Waals surface area contributed by atoms with Gasteiger partial charge in [-0.3, -0.25) is 0 Å². The zero-order valence-electron chi connectivity index (χ0n) is 8.12. The SMILES string of the molecule is CC1CC1CN(C)C1CCSC1. The van der Waals surface area contributed by atoms with Crippen molar-refractivity contribution in [3.63, 3.8) is 0 Å². The van der Waals surface area contributed by atoms with Crippen LogP contribution < -0.4 is 0 Å². The minimum Gasteiger partial charge on any atom is -0.302 e. The minimum atomic E-state index is 0.891. The third-order valence-corrected chi connectivity index (χ3v) is 4.47. The van der Waals surface area contributed by atoms with Crippen molar-refractivity contribution in [2.24, 2.45) is 11.8 Å². The maximum Gasteiger partial charge on any atom is 0.0191 e. The van der Waals surface area contributed by atoms with Crippen LogP contribution in [0.2, 0.25) is 0 Å². The van der Waals surface area contributed by atoms with Crippen molar-refractivity contribution in [1.29, 1.82) is 0 Å². The fraction of sp³-hybridized carbons (Fsp3) is 1.00. The van der Waals surface area contributed by atoms with E-state index < -0.39 is 0 Å². The quantitative estimate of drug-likeness (QED) is 0.662. The summed E-state index contributed by atoms with van der Waals surface area (Å²) in [7, 11) is 2.31. The van der Waals surface area contributed by atoms with Crippen LogP contribution in [0.4, 0.5) is 0 Å². The summed E-state index contributed by atoms with van der Waals surface area (Å²) in [6.45, 7) is 3.73. The summed E-state index contributed by atoms with van der Waals surface area (Å²) in [5.74, 6) is 4.80. The predicted molar refractivity (Wildman–Crippen MR) is 55.6 cm³/mol. The van der Waals surface area contributed by atoms with Crippen molar-refractivity contribution in [3.05, 3.63) is 0 Å². The van der Waals surface area contributed by atoms with Crippen LogP contribution in [0.1, 0.15) is 19.8 Å². The monoisotopic (exact) mass is 185 g/mol. The van der Waals surface area contributed by atoms with E-state index in [1.165, 1.54) is 30.9 Å². The van der Waals surface area contributed by atoms with E-state index in [4.69, 9.17) is 0 Å². The van der Waals surface area contributed by atoms with Gasteiger partial charge < -0.3 is 4.90 Å². The third kappa shape index (κ3) is 1.97. The van der Waals surface area contributed by atoms with Crippen LogP contribution >= 0.6 is 11.8 Å². The Labute approximate surface area is 79.9 Å². The van der Waals surface area contributed by atoms with Gasteiger partial charge in [-0.1, -0.05) is 6.92 Å². The first-order chi connectivity index (χ1) is 5.77. The first kappa shape index (κ1) is 8.89. The summed E-state index contributed by atoms with van der Waals surface area (Å²) in [6, 6.07) is 0.891. The molecule has 1 aliphatic heterocycles. The van der Waals surface area contributed by atoms with Crippen molar-refractivity contribution < 1.29 is 0 Å². The number of thioether (sulfide) groups is 1. The molecule has 70 valence electrons. The van der Waals surface area contributed by atoms with Gasteiger partial charge in [-0.25, -0.2) is 0 Å². The van der Waals surface area contributed by atoms with Crippen LogP contribution in [-0.2, 0) is 0 Å². The van der Waals surface area contributed by atoms with Gasteiger partial charge in [0.05, 0.1) is 0 Å². The maximum atomic E-state index is 2.59. The highest BCUT2D eigenvalue weighted by Crippen LogP contribution is 2.38. The lowest BCUT2D eigenvalue weighted by atomic mass is 10.2. The van der Waals surface area contributed by atoms with Crippen LogP contribution in [0.15, 0.2) is 0 Å². The van der Waals surface area contributed by atoms with E-state index in [0.29, 0.717) is 0 Å². The Bertz CT molecular complexity index is 154.